The highest BCUT2D eigenvalue weighted by Gasteiger charge is 2.27. The molecule has 0 bridgehead atoms. The maximum atomic E-state index is 12.0. The first-order chi connectivity index (χ1) is 7.83. The van der Waals surface area contributed by atoms with Gasteiger partial charge in [0.15, 0.2) is 0 Å². The topological polar surface area (TPSA) is 45.2 Å². The number of nitrogens with one attached hydrogen (secondary N) is 1. The van der Waals surface area contributed by atoms with Crippen LogP contribution in [0.5, 0.6) is 0 Å². The van der Waals surface area contributed by atoms with Gasteiger partial charge in [-0.25, -0.2) is 0 Å². The average Bonchev–Trinajstić information content (AvgIpc) is 2.66. The van der Waals surface area contributed by atoms with E-state index in [4.69, 9.17) is 0 Å². The largest absolute Gasteiger partial charge is 0.332 e. The summed E-state index contributed by atoms with van der Waals surface area (Å²) in [7, 11) is 0. The highest BCUT2D eigenvalue weighted by molar-refractivity contribution is 5.77. The van der Waals surface area contributed by atoms with Crippen molar-refractivity contribution in [1.82, 2.24) is 15.2 Å². The number of amides is 1. The van der Waals surface area contributed by atoms with E-state index in [1.54, 1.807) is 6.20 Å². The van der Waals surface area contributed by atoms with E-state index < -0.39 is 0 Å². The summed E-state index contributed by atoms with van der Waals surface area (Å²) in [4.78, 5) is 18.2. The normalized spacial score (nSPS) is 19.4. The molecule has 1 amide bonds. The standard InChI is InChI=1S/C12H15N3O/c16-12(4-9-5-13-6-9)15-7-10-2-1-3-14-11(10)8-15/h1-3,9,13H,4-8H2. The van der Waals surface area contributed by atoms with Gasteiger partial charge in [0.05, 0.1) is 12.2 Å². The van der Waals surface area contributed by atoms with Crippen LogP contribution in [0.2, 0.25) is 0 Å². The number of rotatable bonds is 2. The first-order valence-corrected chi connectivity index (χ1v) is 5.74. The van der Waals surface area contributed by atoms with Gasteiger partial charge in [-0.1, -0.05) is 6.07 Å². The van der Waals surface area contributed by atoms with Crippen LogP contribution in [0.3, 0.4) is 0 Å². The highest BCUT2D eigenvalue weighted by Crippen LogP contribution is 2.22. The number of nitrogens with zero attached hydrogens (tertiary/aromatic N) is 2. The second-order valence-electron chi connectivity index (χ2n) is 4.59. The molecule has 1 saturated heterocycles. The fourth-order valence-corrected chi connectivity index (χ4v) is 2.25. The van der Waals surface area contributed by atoms with E-state index >= 15 is 0 Å². The summed E-state index contributed by atoms with van der Waals surface area (Å²) in [6, 6.07) is 3.99. The maximum Gasteiger partial charge on any atom is 0.223 e. The van der Waals surface area contributed by atoms with Gasteiger partial charge in [0.1, 0.15) is 0 Å². The number of carbonyl (C=O) groups is 1. The van der Waals surface area contributed by atoms with Gasteiger partial charge in [-0.2, -0.15) is 0 Å². The average molecular weight is 217 g/mol. The first-order valence-electron chi connectivity index (χ1n) is 5.74. The highest BCUT2D eigenvalue weighted by atomic mass is 16.2. The van der Waals surface area contributed by atoms with Crippen molar-refractivity contribution in [3.8, 4) is 0 Å². The molecule has 0 aliphatic carbocycles. The SMILES string of the molecule is O=C(CC1CNC1)N1Cc2cccnc2C1. The Bertz CT molecular complexity index is 389. The molecule has 84 valence electrons. The molecular weight excluding hydrogens is 202 g/mol. The van der Waals surface area contributed by atoms with E-state index in [9.17, 15) is 4.79 Å². The molecule has 0 unspecified atom stereocenters. The van der Waals surface area contributed by atoms with Gasteiger partial charge in [-0.05, 0) is 30.6 Å². The number of hydrogen-bond donors (Lipinski definition) is 1. The van der Waals surface area contributed by atoms with Crippen LogP contribution in [0, 0.1) is 5.92 Å². The van der Waals surface area contributed by atoms with Gasteiger partial charge in [-0.3, -0.25) is 9.78 Å². The molecular formula is C12H15N3O. The number of pyridine rings is 1. The van der Waals surface area contributed by atoms with Gasteiger partial charge in [0.25, 0.3) is 0 Å². The van der Waals surface area contributed by atoms with E-state index in [0.29, 0.717) is 18.9 Å². The quantitative estimate of drug-likeness (QED) is 0.786. The summed E-state index contributed by atoms with van der Waals surface area (Å²) in [6.45, 7) is 3.41. The smallest absolute Gasteiger partial charge is 0.223 e. The van der Waals surface area contributed by atoms with Gasteiger partial charge >= 0.3 is 0 Å². The third-order valence-corrected chi connectivity index (χ3v) is 3.37. The van der Waals surface area contributed by atoms with Crippen LogP contribution in [-0.4, -0.2) is 28.9 Å². The van der Waals surface area contributed by atoms with E-state index in [0.717, 1.165) is 25.3 Å². The lowest BCUT2D eigenvalue weighted by molar-refractivity contribution is -0.133. The molecule has 4 nitrogen and oxygen atoms in total. The minimum Gasteiger partial charge on any atom is -0.332 e. The molecule has 2 aliphatic heterocycles. The lowest BCUT2D eigenvalue weighted by atomic mass is 9.99. The summed E-state index contributed by atoms with van der Waals surface area (Å²) in [5.41, 5.74) is 2.25. The number of hydrogen-bond acceptors (Lipinski definition) is 3. The molecule has 0 spiro atoms. The zero-order valence-corrected chi connectivity index (χ0v) is 9.15. The van der Waals surface area contributed by atoms with E-state index in [1.165, 1.54) is 5.56 Å². The predicted octanol–water partition coefficient (Wildman–Crippen LogP) is 0.533. The lowest BCUT2D eigenvalue weighted by Crippen LogP contribution is -2.44. The van der Waals surface area contributed by atoms with E-state index in [-0.39, 0.29) is 5.91 Å². The monoisotopic (exact) mass is 217 g/mol. The second kappa shape index (κ2) is 3.87. The molecule has 3 heterocycles. The van der Waals surface area contributed by atoms with Crippen LogP contribution < -0.4 is 5.32 Å². The van der Waals surface area contributed by atoms with E-state index in [2.05, 4.69) is 16.4 Å². The molecule has 1 aromatic heterocycles. The molecule has 16 heavy (non-hydrogen) atoms. The number of aromatic nitrogens is 1. The Labute approximate surface area is 94.7 Å². The molecule has 0 atom stereocenters. The summed E-state index contributed by atoms with van der Waals surface area (Å²) in [5, 5.41) is 3.19. The molecule has 1 fully saturated rings. The Kier molecular flexibility index (Phi) is 2.36. The Hall–Kier alpha value is -1.42. The fourth-order valence-electron chi connectivity index (χ4n) is 2.25. The van der Waals surface area contributed by atoms with Gasteiger partial charge in [0.2, 0.25) is 5.91 Å². The molecule has 1 aromatic rings. The first kappa shape index (κ1) is 9.78. The molecule has 0 radical (unpaired) electrons. The van der Waals surface area contributed by atoms with Gasteiger partial charge in [-0.15, -0.1) is 0 Å². The van der Waals surface area contributed by atoms with Crippen LogP contribution in [0.25, 0.3) is 0 Å². The molecule has 2 aliphatic rings. The van der Waals surface area contributed by atoms with Crippen LogP contribution in [0.15, 0.2) is 18.3 Å². The summed E-state index contributed by atoms with van der Waals surface area (Å²) in [6.07, 6.45) is 2.48. The Morgan fingerprint density at radius 2 is 2.38 bits per heavy atom. The van der Waals surface area contributed by atoms with Crippen molar-refractivity contribution in [3.63, 3.8) is 0 Å². The van der Waals surface area contributed by atoms with Crippen molar-refractivity contribution in [2.75, 3.05) is 13.1 Å². The van der Waals surface area contributed by atoms with Crippen LogP contribution in [0.4, 0.5) is 0 Å². The summed E-state index contributed by atoms with van der Waals surface area (Å²) >= 11 is 0. The van der Waals surface area contributed by atoms with Crippen molar-refractivity contribution in [3.05, 3.63) is 29.6 Å². The van der Waals surface area contributed by atoms with Crippen LogP contribution >= 0.6 is 0 Å². The summed E-state index contributed by atoms with van der Waals surface area (Å²) in [5.74, 6) is 0.814. The fraction of sp³-hybridized carbons (Fsp3) is 0.500. The number of carbonyl (C=O) groups excluding carboxylic acids is 1. The molecule has 0 aromatic carbocycles. The molecule has 0 saturated carbocycles. The third-order valence-electron chi connectivity index (χ3n) is 3.37. The number of fused-ring (bicyclic) bond motifs is 1. The zero-order valence-electron chi connectivity index (χ0n) is 9.15. The third kappa shape index (κ3) is 1.69. The molecule has 3 rings (SSSR count). The Morgan fingerprint density at radius 3 is 3.06 bits per heavy atom. The van der Waals surface area contributed by atoms with Crippen molar-refractivity contribution < 1.29 is 4.79 Å². The molecule has 4 heteroatoms. The van der Waals surface area contributed by atoms with Crippen LogP contribution in [0.1, 0.15) is 17.7 Å². The van der Waals surface area contributed by atoms with Crippen molar-refractivity contribution in [2.45, 2.75) is 19.5 Å². The minimum absolute atomic E-state index is 0.268. The van der Waals surface area contributed by atoms with Crippen molar-refractivity contribution in [2.24, 2.45) is 5.92 Å². The Balaban J connectivity index is 1.64. The van der Waals surface area contributed by atoms with Gasteiger partial charge in [0, 0.05) is 19.2 Å². The van der Waals surface area contributed by atoms with Crippen molar-refractivity contribution >= 4 is 5.91 Å². The Morgan fingerprint density at radius 1 is 1.50 bits per heavy atom. The molecule has 1 N–H and O–H groups in total. The minimum atomic E-state index is 0.268. The second-order valence-corrected chi connectivity index (χ2v) is 4.59. The van der Waals surface area contributed by atoms with Crippen molar-refractivity contribution in [1.29, 1.82) is 0 Å². The van der Waals surface area contributed by atoms with Gasteiger partial charge < -0.3 is 10.2 Å². The van der Waals surface area contributed by atoms with E-state index in [1.807, 2.05) is 11.0 Å². The summed E-state index contributed by atoms with van der Waals surface area (Å²) < 4.78 is 0. The zero-order chi connectivity index (χ0) is 11.0. The maximum absolute atomic E-state index is 12.0. The predicted molar refractivity (Wildman–Crippen MR) is 59.5 cm³/mol. The lowest BCUT2D eigenvalue weighted by Gasteiger charge is -2.28. The van der Waals surface area contributed by atoms with Crippen LogP contribution in [-0.2, 0) is 17.9 Å².